The molecule has 0 heterocycles. The average Bonchev–Trinajstić information content (AvgIpc) is 2.38. The van der Waals surface area contributed by atoms with Crippen molar-refractivity contribution >= 4 is 10.0 Å². The van der Waals surface area contributed by atoms with Gasteiger partial charge in [0, 0.05) is 6.54 Å². The minimum atomic E-state index is -3.59. The van der Waals surface area contributed by atoms with Crippen LogP contribution in [0.1, 0.15) is 18.9 Å². The van der Waals surface area contributed by atoms with Crippen molar-refractivity contribution in [2.45, 2.75) is 18.2 Å². The van der Waals surface area contributed by atoms with Crippen LogP contribution in [0.15, 0.2) is 29.2 Å². The molecule has 0 fully saturated rings. The minimum absolute atomic E-state index is 0.0379. The highest BCUT2D eigenvalue weighted by Crippen LogP contribution is 2.13. The number of nitrogens with one attached hydrogen (secondary N) is 2. The van der Waals surface area contributed by atoms with E-state index in [1.165, 1.54) is 12.1 Å². The molecule has 5 nitrogen and oxygen atoms in total. The molecular formula is C12H17N3O2S. The van der Waals surface area contributed by atoms with E-state index < -0.39 is 10.0 Å². The molecule has 0 amide bonds. The van der Waals surface area contributed by atoms with Crippen LogP contribution in [0, 0.1) is 11.3 Å². The Morgan fingerprint density at radius 1 is 1.28 bits per heavy atom. The van der Waals surface area contributed by atoms with E-state index in [0.29, 0.717) is 13.0 Å². The van der Waals surface area contributed by atoms with Gasteiger partial charge in [-0.05, 0) is 31.6 Å². The van der Waals surface area contributed by atoms with Crippen LogP contribution in [-0.4, -0.2) is 28.1 Å². The van der Waals surface area contributed by atoms with Crippen molar-refractivity contribution in [3.8, 4) is 6.07 Å². The third-order valence-electron chi connectivity index (χ3n) is 2.37. The maximum absolute atomic E-state index is 12.0. The minimum Gasteiger partial charge on any atom is -0.317 e. The fourth-order valence-electron chi connectivity index (χ4n) is 1.47. The second-order valence-electron chi connectivity index (χ2n) is 3.71. The van der Waals surface area contributed by atoms with E-state index in [4.69, 9.17) is 5.26 Å². The first-order valence-electron chi connectivity index (χ1n) is 5.81. The van der Waals surface area contributed by atoms with E-state index in [-0.39, 0.29) is 10.5 Å². The fraction of sp³-hybridized carbons (Fsp3) is 0.417. The Morgan fingerprint density at radius 3 is 2.67 bits per heavy atom. The van der Waals surface area contributed by atoms with Crippen molar-refractivity contribution in [3.63, 3.8) is 0 Å². The van der Waals surface area contributed by atoms with Gasteiger partial charge in [0.05, 0.1) is 10.5 Å². The summed E-state index contributed by atoms with van der Waals surface area (Å²) < 4.78 is 26.4. The molecular weight excluding hydrogens is 250 g/mol. The van der Waals surface area contributed by atoms with Gasteiger partial charge in [0.15, 0.2) is 0 Å². The molecule has 0 radical (unpaired) electrons. The molecule has 0 atom stereocenters. The van der Waals surface area contributed by atoms with Crippen LogP contribution in [0.5, 0.6) is 0 Å². The van der Waals surface area contributed by atoms with Crippen LogP contribution in [-0.2, 0) is 10.0 Å². The Labute approximate surface area is 108 Å². The van der Waals surface area contributed by atoms with Crippen molar-refractivity contribution in [1.82, 2.24) is 10.0 Å². The largest absolute Gasteiger partial charge is 0.317 e. The Bertz CT molecular complexity index is 520. The van der Waals surface area contributed by atoms with Gasteiger partial charge in [0.1, 0.15) is 6.07 Å². The third-order valence-corrected chi connectivity index (χ3v) is 3.89. The summed E-state index contributed by atoms with van der Waals surface area (Å²) in [4.78, 5) is 0.0379. The SMILES string of the molecule is CCNCCCNS(=O)(=O)c1ccccc1C#N. The van der Waals surface area contributed by atoms with Gasteiger partial charge in [-0.1, -0.05) is 19.1 Å². The van der Waals surface area contributed by atoms with E-state index in [1.807, 2.05) is 13.0 Å². The van der Waals surface area contributed by atoms with Crippen molar-refractivity contribution in [2.75, 3.05) is 19.6 Å². The number of benzene rings is 1. The molecule has 1 rings (SSSR count). The van der Waals surface area contributed by atoms with Crippen LogP contribution >= 0.6 is 0 Å². The first-order chi connectivity index (χ1) is 8.61. The number of hydrogen-bond donors (Lipinski definition) is 2. The highest BCUT2D eigenvalue weighted by atomic mass is 32.2. The van der Waals surface area contributed by atoms with E-state index in [0.717, 1.165) is 13.1 Å². The van der Waals surface area contributed by atoms with Gasteiger partial charge in [0.2, 0.25) is 10.0 Å². The third kappa shape index (κ3) is 4.11. The van der Waals surface area contributed by atoms with Gasteiger partial charge < -0.3 is 5.32 Å². The van der Waals surface area contributed by atoms with Gasteiger partial charge in [-0.3, -0.25) is 0 Å². The first-order valence-corrected chi connectivity index (χ1v) is 7.29. The Kier molecular flexibility index (Phi) is 5.78. The molecule has 0 aliphatic rings. The number of nitriles is 1. The molecule has 1 aromatic rings. The molecule has 98 valence electrons. The summed E-state index contributed by atoms with van der Waals surface area (Å²) >= 11 is 0. The van der Waals surface area contributed by atoms with E-state index in [9.17, 15) is 8.42 Å². The lowest BCUT2D eigenvalue weighted by Gasteiger charge is -2.08. The molecule has 18 heavy (non-hydrogen) atoms. The zero-order chi connectivity index (χ0) is 13.4. The standard InChI is InChI=1S/C12H17N3O2S/c1-2-14-8-5-9-15-18(16,17)12-7-4-3-6-11(12)10-13/h3-4,6-7,14-15H,2,5,8-9H2,1H3. The summed E-state index contributed by atoms with van der Waals surface area (Å²) in [6.45, 7) is 3.98. The number of hydrogen-bond acceptors (Lipinski definition) is 4. The van der Waals surface area contributed by atoms with Crippen LogP contribution in [0.25, 0.3) is 0 Å². The summed E-state index contributed by atoms with van der Waals surface area (Å²) in [5.41, 5.74) is 0.164. The van der Waals surface area contributed by atoms with Crippen LogP contribution in [0.3, 0.4) is 0 Å². The normalized spacial score (nSPS) is 11.1. The van der Waals surface area contributed by atoms with Gasteiger partial charge in [-0.15, -0.1) is 0 Å². The maximum Gasteiger partial charge on any atom is 0.241 e. The molecule has 0 bridgehead atoms. The molecule has 0 spiro atoms. The summed E-state index contributed by atoms with van der Waals surface area (Å²) in [6.07, 6.45) is 0.710. The van der Waals surface area contributed by atoms with Crippen LogP contribution < -0.4 is 10.0 Å². The lowest BCUT2D eigenvalue weighted by molar-refractivity contribution is 0.575. The fourth-order valence-corrected chi connectivity index (χ4v) is 2.70. The van der Waals surface area contributed by atoms with Gasteiger partial charge >= 0.3 is 0 Å². The van der Waals surface area contributed by atoms with E-state index in [2.05, 4.69) is 10.0 Å². The second kappa shape index (κ2) is 7.11. The monoisotopic (exact) mass is 267 g/mol. The Hall–Kier alpha value is -1.42. The Balaban J connectivity index is 2.67. The van der Waals surface area contributed by atoms with Crippen LogP contribution in [0.4, 0.5) is 0 Å². The molecule has 2 N–H and O–H groups in total. The predicted octanol–water partition coefficient (Wildman–Crippen LogP) is 0.836. The molecule has 6 heteroatoms. The number of sulfonamides is 1. The quantitative estimate of drug-likeness (QED) is 0.717. The van der Waals surface area contributed by atoms with Gasteiger partial charge in [0.25, 0.3) is 0 Å². The molecule has 0 saturated carbocycles. The molecule has 0 unspecified atom stereocenters. The average molecular weight is 267 g/mol. The second-order valence-corrected chi connectivity index (χ2v) is 5.45. The maximum atomic E-state index is 12.0. The first kappa shape index (κ1) is 14.6. The van der Waals surface area contributed by atoms with Crippen molar-refractivity contribution < 1.29 is 8.42 Å². The highest BCUT2D eigenvalue weighted by Gasteiger charge is 2.16. The van der Waals surface area contributed by atoms with Crippen molar-refractivity contribution in [2.24, 2.45) is 0 Å². The smallest absolute Gasteiger partial charge is 0.241 e. The van der Waals surface area contributed by atoms with E-state index >= 15 is 0 Å². The molecule has 0 aliphatic carbocycles. The summed E-state index contributed by atoms with van der Waals surface area (Å²) in [5.74, 6) is 0. The van der Waals surface area contributed by atoms with Gasteiger partial charge in [-0.2, -0.15) is 5.26 Å². The molecule has 0 saturated heterocycles. The Morgan fingerprint density at radius 2 is 2.00 bits per heavy atom. The highest BCUT2D eigenvalue weighted by molar-refractivity contribution is 7.89. The number of nitrogens with zero attached hydrogens (tertiary/aromatic N) is 1. The number of rotatable bonds is 7. The van der Waals surface area contributed by atoms with Crippen molar-refractivity contribution in [1.29, 1.82) is 5.26 Å². The lowest BCUT2D eigenvalue weighted by atomic mass is 10.2. The lowest BCUT2D eigenvalue weighted by Crippen LogP contribution is -2.28. The van der Waals surface area contributed by atoms with Crippen LogP contribution in [0.2, 0.25) is 0 Å². The summed E-state index contributed by atoms with van der Waals surface area (Å²) in [6, 6.07) is 8.06. The predicted molar refractivity (Wildman–Crippen MR) is 69.5 cm³/mol. The topological polar surface area (TPSA) is 82.0 Å². The zero-order valence-corrected chi connectivity index (χ0v) is 11.1. The summed E-state index contributed by atoms with van der Waals surface area (Å²) in [5, 5.41) is 12.0. The van der Waals surface area contributed by atoms with Gasteiger partial charge in [-0.25, -0.2) is 13.1 Å². The molecule has 0 aromatic heterocycles. The van der Waals surface area contributed by atoms with E-state index in [1.54, 1.807) is 12.1 Å². The molecule has 0 aliphatic heterocycles. The zero-order valence-electron chi connectivity index (χ0n) is 10.3. The summed E-state index contributed by atoms with van der Waals surface area (Å²) in [7, 11) is -3.59. The van der Waals surface area contributed by atoms with Crippen molar-refractivity contribution in [3.05, 3.63) is 29.8 Å². The molecule has 1 aromatic carbocycles.